The summed E-state index contributed by atoms with van der Waals surface area (Å²) in [5.41, 5.74) is 1.14. The Bertz CT molecular complexity index is 760. The molecule has 0 bridgehead atoms. The third-order valence-corrected chi connectivity index (χ3v) is 3.60. The van der Waals surface area contributed by atoms with Crippen molar-refractivity contribution in [2.75, 3.05) is 16.8 Å². The van der Waals surface area contributed by atoms with Gasteiger partial charge in [-0.3, -0.25) is 9.59 Å². The molecule has 0 radical (unpaired) electrons. The molecule has 0 aliphatic rings. The van der Waals surface area contributed by atoms with Gasteiger partial charge in [-0.1, -0.05) is 12.1 Å². The second-order valence-electron chi connectivity index (χ2n) is 6.11. The summed E-state index contributed by atoms with van der Waals surface area (Å²) in [5.74, 6) is -0.235. The molecule has 0 spiro atoms. The van der Waals surface area contributed by atoms with Gasteiger partial charge in [-0.25, -0.2) is 4.39 Å². The van der Waals surface area contributed by atoms with E-state index in [1.165, 1.54) is 36.1 Å². The molecule has 26 heavy (non-hydrogen) atoms. The standard InChI is InChI=1S/C20H23FN2O3/c1-14(2)26-19-7-5-4-6-18(19)22-20(25)12-13-23(15(3)24)17-10-8-16(21)9-11-17/h4-11,14H,12-13H2,1-3H3,(H,22,25). The summed E-state index contributed by atoms with van der Waals surface area (Å²) in [6.45, 7) is 5.42. The minimum Gasteiger partial charge on any atom is -0.489 e. The molecule has 0 saturated heterocycles. The summed E-state index contributed by atoms with van der Waals surface area (Å²) in [6.07, 6.45) is 0.0900. The summed E-state index contributed by atoms with van der Waals surface area (Å²) in [5, 5.41) is 2.81. The van der Waals surface area contributed by atoms with Gasteiger partial charge in [0.15, 0.2) is 0 Å². The lowest BCUT2D eigenvalue weighted by molar-refractivity contribution is -0.117. The first-order chi connectivity index (χ1) is 12.4. The van der Waals surface area contributed by atoms with E-state index in [0.29, 0.717) is 17.1 Å². The average Bonchev–Trinajstić information content (AvgIpc) is 2.57. The fourth-order valence-electron chi connectivity index (χ4n) is 2.44. The van der Waals surface area contributed by atoms with E-state index in [2.05, 4.69) is 5.32 Å². The SMILES string of the molecule is CC(=O)N(CCC(=O)Nc1ccccc1OC(C)C)c1ccc(F)cc1. The van der Waals surface area contributed by atoms with Gasteiger partial charge < -0.3 is 15.0 Å². The molecule has 2 amide bonds. The van der Waals surface area contributed by atoms with Crippen LogP contribution in [-0.4, -0.2) is 24.5 Å². The third-order valence-electron chi connectivity index (χ3n) is 3.60. The van der Waals surface area contributed by atoms with Gasteiger partial charge >= 0.3 is 0 Å². The van der Waals surface area contributed by atoms with Crippen molar-refractivity contribution < 1.29 is 18.7 Å². The van der Waals surface area contributed by atoms with Crippen LogP contribution in [0.25, 0.3) is 0 Å². The Kier molecular flexibility index (Phi) is 6.72. The van der Waals surface area contributed by atoms with Crippen LogP contribution in [0.3, 0.4) is 0 Å². The van der Waals surface area contributed by atoms with Crippen LogP contribution in [0.2, 0.25) is 0 Å². The van der Waals surface area contributed by atoms with Crippen molar-refractivity contribution >= 4 is 23.2 Å². The molecule has 0 heterocycles. The molecular weight excluding hydrogens is 335 g/mol. The Labute approximate surface area is 152 Å². The fourth-order valence-corrected chi connectivity index (χ4v) is 2.44. The third kappa shape index (κ3) is 5.58. The molecule has 0 aliphatic heterocycles. The van der Waals surface area contributed by atoms with Crippen LogP contribution in [0.4, 0.5) is 15.8 Å². The highest BCUT2D eigenvalue weighted by Crippen LogP contribution is 2.25. The lowest BCUT2D eigenvalue weighted by Crippen LogP contribution is -2.32. The quantitative estimate of drug-likeness (QED) is 0.814. The molecular formula is C20H23FN2O3. The zero-order chi connectivity index (χ0) is 19.1. The highest BCUT2D eigenvalue weighted by Gasteiger charge is 2.15. The number of halogens is 1. The second kappa shape index (κ2) is 8.99. The summed E-state index contributed by atoms with van der Waals surface area (Å²) in [6, 6.07) is 12.8. The van der Waals surface area contributed by atoms with E-state index >= 15 is 0 Å². The number of hydrogen-bond acceptors (Lipinski definition) is 3. The van der Waals surface area contributed by atoms with Crippen molar-refractivity contribution in [1.29, 1.82) is 0 Å². The smallest absolute Gasteiger partial charge is 0.226 e. The number of anilines is 2. The predicted octanol–water partition coefficient (Wildman–Crippen LogP) is 3.99. The molecule has 5 nitrogen and oxygen atoms in total. The first-order valence-electron chi connectivity index (χ1n) is 8.46. The average molecular weight is 358 g/mol. The number of hydrogen-bond donors (Lipinski definition) is 1. The normalized spacial score (nSPS) is 10.5. The first kappa shape index (κ1) is 19.4. The summed E-state index contributed by atoms with van der Waals surface area (Å²) in [4.78, 5) is 25.6. The molecule has 0 atom stereocenters. The molecule has 138 valence electrons. The Balaban J connectivity index is 2.01. The minimum absolute atomic E-state index is 0.0141. The van der Waals surface area contributed by atoms with E-state index in [0.717, 1.165) is 0 Å². The number of benzene rings is 2. The van der Waals surface area contributed by atoms with E-state index in [-0.39, 0.29) is 36.7 Å². The topological polar surface area (TPSA) is 58.6 Å². The van der Waals surface area contributed by atoms with Gasteiger partial charge in [0.05, 0.1) is 11.8 Å². The van der Waals surface area contributed by atoms with Gasteiger partial charge in [-0.15, -0.1) is 0 Å². The molecule has 2 rings (SSSR count). The zero-order valence-corrected chi connectivity index (χ0v) is 15.2. The van der Waals surface area contributed by atoms with E-state index in [1.807, 2.05) is 26.0 Å². The van der Waals surface area contributed by atoms with Gasteiger partial charge in [0.2, 0.25) is 11.8 Å². The van der Waals surface area contributed by atoms with Gasteiger partial charge in [0.1, 0.15) is 11.6 Å². The molecule has 2 aromatic carbocycles. The van der Waals surface area contributed by atoms with E-state index < -0.39 is 0 Å². The van der Waals surface area contributed by atoms with Crippen LogP contribution in [0.1, 0.15) is 27.2 Å². The van der Waals surface area contributed by atoms with Gasteiger partial charge in [0.25, 0.3) is 0 Å². The van der Waals surface area contributed by atoms with Crippen molar-refractivity contribution in [3.05, 3.63) is 54.3 Å². The van der Waals surface area contributed by atoms with E-state index in [4.69, 9.17) is 4.74 Å². The number of amides is 2. The largest absolute Gasteiger partial charge is 0.489 e. The molecule has 1 N–H and O–H groups in total. The highest BCUT2D eigenvalue weighted by atomic mass is 19.1. The summed E-state index contributed by atoms with van der Waals surface area (Å²) >= 11 is 0. The van der Waals surface area contributed by atoms with Crippen molar-refractivity contribution in [3.8, 4) is 5.75 Å². The molecule has 2 aromatic rings. The minimum atomic E-state index is -0.378. The zero-order valence-electron chi connectivity index (χ0n) is 15.2. The maximum atomic E-state index is 13.1. The van der Waals surface area contributed by atoms with Crippen molar-refractivity contribution in [1.82, 2.24) is 0 Å². The number of nitrogens with one attached hydrogen (secondary N) is 1. The maximum absolute atomic E-state index is 13.1. The maximum Gasteiger partial charge on any atom is 0.226 e. The number of ether oxygens (including phenoxy) is 1. The van der Waals surface area contributed by atoms with E-state index in [1.54, 1.807) is 12.1 Å². The fraction of sp³-hybridized carbons (Fsp3) is 0.300. The number of para-hydroxylation sites is 2. The lowest BCUT2D eigenvalue weighted by atomic mass is 10.2. The molecule has 6 heteroatoms. The van der Waals surface area contributed by atoms with Crippen molar-refractivity contribution in [2.45, 2.75) is 33.3 Å². The Hall–Kier alpha value is -2.89. The molecule has 0 fully saturated rings. The van der Waals surface area contributed by atoms with E-state index in [9.17, 15) is 14.0 Å². The number of carbonyl (C=O) groups excluding carboxylic acids is 2. The first-order valence-corrected chi connectivity index (χ1v) is 8.46. The van der Waals surface area contributed by atoms with Gasteiger partial charge in [0, 0.05) is 25.6 Å². The Morgan fingerprint density at radius 2 is 1.77 bits per heavy atom. The monoisotopic (exact) mass is 358 g/mol. The van der Waals surface area contributed by atoms with Crippen LogP contribution in [0.5, 0.6) is 5.75 Å². The molecule has 0 saturated carbocycles. The Morgan fingerprint density at radius 3 is 2.38 bits per heavy atom. The van der Waals surface area contributed by atoms with Crippen LogP contribution < -0.4 is 15.0 Å². The van der Waals surface area contributed by atoms with Crippen LogP contribution >= 0.6 is 0 Å². The molecule has 0 aromatic heterocycles. The number of nitrogens with zero attached hydrogens (tertiary/aromatic N) is 1. The Morgan fingerprint density at radius 1 is 1.12 bits per heavy atom. The number of rotatable bonds is 7. The van der Waals surface area contributed by atoms with Crippen LogP contribution in [0, 0.1) is 5.82 Å². The van der Waals surface area contributed by atoms with Crippen molar-refractivity contribution in [2.24, 2.45) is 0 Å². The summed E-state index contributed by atoms with van der Waals surface area (Å²) < 4.78 is 18.7. The summed E-state index contributed by atoms with van der Waals surface area (Å²) in [7, 11) is 0. The molecule has 0 unspecified atom stereocenters. The molecule has 0 aliphatic carbocycles. The predicted molar refractivity (Wildman–Crippen MR) is 99.9 cm³/mol. The lowest BCUT2D eigenvalue weighted by Gasteiger charge is -2.21. The van der Waals surface area contributed by atoms with Crippen LogP contribution in [0.15, 0.2) is 48.5 Å². The van der Waals surface area contributed by atoms with Gasteiger partial charge in [-0.2, -0.15) is 0 Å². The second-order valence-corrected chi connectivity index (χ2v) is 6.11. The van der Waals surface area contributed by atoms with Crippen LogP contribution in [-0.2, 0) is 9.59 Å². The number of carbonyl (C=O) groups is 2. The van der Waals surface area contributed by atoms with Gasteiger partial charge in [-0.05, 0) is 50.2 Å². The highest BCUT2D eigenvalue weighted by molar-refractivity contribution is 5.95. The van der Waals surface area contributed by atoms with Crippen molar-refractivity contribution in [3.63, 3.8) is 0 Å².